The molecule has 2 aromatic rings. The number of rotatable bonds is 4. The van der Waals surface area contributed by atoms with Crippen molar-refractivity contribution < 1.29 is 9.53 Å². The summed E-state index contributed by atoms with van der Waals surface area (Å²) >= 11 is 3.32. The molecule has 1 N–H and O–H groups in total. The molecule has 3 rings (SSSR count). The lowest BCUT2D eigenvalue weighted by atomic mass is 9.88. The van der Waals surface area contributed by atoms with E-state index in [-0.39, 0.29) is 11.4 Å². The number of amides is 1. The topological polar surface area (TPSA) is 38.3 Å². The minimum absolute atomic E-state index is 0.0429. The first-order chi connectivity index (χ1) is 10.3. The average Bonchev–Trinajstić information content (AvgIpc) is 3.20. The van der Waals surface area contributed by atoms with Gasteiger partial charge < -0.3 is 10.1 Å². The maximum Gasteiger partial charge on any atom is 0.244 e. The molecule has 2 aromatic heterocycles. The summed E-state index contributed by atoms with van der Waals surface area (Å²) in [6.07, 6.45) is 5.14. The third-order valence-electron chi connectivity index (χ3n) is 3.64. The SMILES string of the molecule is O=C(/C=C/c1cccs1)NC1(c2cccs2)CCOCC1. The Kier molecular flexibility index (Phi) is 4.53. The smallest absolute Gasteiger partial charge is 0.244 e. The molecule has 110 valence electrons. The van der Waals surface area contributed by atoms with Crippen molar-refractivity contribution >= 4 is 34.7 Å². The maximum atomic E-state index is 12.3. The van der Waals surface area contributed by atoms with Crippen LogP contribution in [0.15, 0.2) is 41.1 Å². The molecule has 5 heteroatoms. The van der Waals surface area contributed by atoms with E-state index >= 15 is 0 Å². The fourth-order valence-electron chi connectivity index (χ4n) is 2.53. The molecule has 1 aliphatic rings. The number of ether oxygens (including phenoxy) is 1. The van der Waals surface area contributed by atoms with E-state index in [0.717, 1.165) is 17.7 Å². The Morgan fingerprint density at radius 1 is 1.19 bits per heavy atom. The van der Waals surface area contributed by atoms with Crippen LogP contribution >= 0.6 is 22.7 Å². The maximum absolute atomic E-state index is 12.3. The van der Waals surface area contributed by atoms with Gasteiger partial charge in [0.1, 0.15) is 0 Å². The minimum atomic E-state index is -0.275. The lowest BCUT2D eigenvalue weighted by molar-refractivity contribution is -0.119. The number of hydrogen-bond donors (Lipinski definition) is 1. The van der Waals surface area contributed by atoms with Gasteiger partial charge in [-0.15, -0.1) is 22.7 Å². The molecule has 0 radical (unpaired) electrons. The molecule has 3 heterocycles. The van der Waals surface area contributed by atoms with E-state index in [1.807, 2.05) is 29.7 Å². The lowest BCUT2D eigenvalue weighted by Gasteiger charge is -2.37. The molecule has 0 spiro atoms. The Morgan fingerprint density at radius 2 is 1.95 bits per heavy atom. The predicted octanol–water partition coefficient (Wildman–Crippen LogP) is 3.64. The molecule has 0 atom stereocenters. The van der Waals surface area contributed by atoms with E-state index in [2.05, 4.69) is 16.8 Å². The second-order valence-electron chi connectivity index (χ2n) is 5.01. The van der Waals surface area contributed by atoms with Crippen LogP contribution in [0.1, 0.15) is 22.6 Å². The van der Waals surface area contributed by atoms with E-state index in [0.29, 0.717) is 13.2 Å². The number of carbonyl (C=O) groups is 1. The molecule has 1 fully saturated rings. The van der Waals surface area contributed by atoms with Crippen LogP contribution in [0.5, 0.6) is 0 Å². The molecule has 1 saturated heterocycles. The van der Waals surface area contributed by atoms with Gasteiger partial charge in [0.15, 0.2) is 0 Å². The first-order valence-corrected chi connectivity index (χ1v) is 8.70. The summed E-state index contributed by atoms with van der Waals surface area (Å²) in [5.74, 6) is -0.0429. The summed E-state index contributed by atoms with van der Waals surface area (Å²) in [5.41, 5.74) is -0.275. The summed E-state index contributed by atoms with van der Waals surface area (Å²) in [4.78, 5) is 14.6. The quantitative estimate of drug-likeness (QED) is 0.874. The van der Waals surface area contributed by atoms with E-state index in [1.165, 1.54) is 4.88 Å². The average molecular weight is 319 g/mol. The van der Waals surface area contributed by atoms with Gasteiger partial charge in [-0.1, -0.05) is 12.1 Å². The highest BCUT2D eigenvalue weighted by molar-refractivity contribution is 7.10. The molecule has 1 amide bonds. The van der Waals surface area contributed by atoms with Gasteiger partial charge in [0.2, 0.25) is 5.91 Å². The van der Waals surface area contributed by atoms with Gasteiger partial charge in [0, 0.05) is 29.0 Å². The molecule has 0 bridgehead atoms. The zero-order chi connectivity index (χ0) is 14.5. The monoisotopic (exact) mass is 319 g/mol. The number of hydrogen-bond acceptors (Lipinski definition) is 4. The van der Waals surface area contributed by atoms with E-state index in [9.17, 15) is 4.79 Å². The zero-order valence-corrected chi connectivity index (χ0v) is 13.2. The highest BCUT2D eigenvalue weighted by Gasteiger charge is 2.36. The highest BCUT2D eigenvalue weighted by Crippen LogP contribution is 2.35. The normalized spacial score (nSPS) is 17.9. The van der Waals surface area contributed by atoms with Crippen LogP contribution in [0, 0.1) is 0 Å². The van der Waals surface area contributed by atoms with Crippen molar-refractivity contribution in [1.29, 1.82) is 0 Å². The summed E-state index contributed by atoms with van der Waals surface area (Å²) in [6, 6.07) is 8.11. The first-order valence-electron chi connectivity index (χ1n) is 6.94. The molecule has 1 aliphatic heterocycles. The van der Waals surface area contributed by atoms with Gasteiger partial charge in [-0.25, -0.2) is 0 Å². The molecule has 0 saturated carbocycles. The summed E-state index contributed by atoms with van der Waals surface area (Å²) in [5, 5.41) is 7.27. The summed E-state index contributed by atoms with van der Waals surface area (Å²) < 4.78 is 5.46. The van der Waals surface area contributed by atoms with Crippen molar-refractivity contribution in [1.82, 2.24) is 5.32 Å². The van der Waals surface area contributed by atoms with Crippen molar-refractivity contribution in [2.24, 2.45) is 0 Å². The van der Waals surface area contributed by atoms with Crippen LogP contribution in [0.25, 0.3) is 6.08 Å². The van der Waals surface area contributed by atoms with Crippen LogP contribution < -0.4 is 5.32 Å². The van der Waals surface area contributed by atoms with Gasteiger partial charge in [0.05, 0.1) is 5.54 Å². The summed E-state index contributed by atoms with van der Waals surface area (Å²) in [6.45, 7) is 1.37. The van der Waals surface area contributed by atoms with Crippen molar-refractivity contribution in [3.8, 4) is 0 Å². The van der Waals surface area contributed by atoms with E-state index < -0.39 is 0 Å². The van der Waals surface area contributed by atoms with Crippen molar-refractivity contribution in [3.05, 3.63) is 50.9 Å². The van der Waals surface area contributed by atoms with E-state index in [1.54, 1.807) is 28.7 Å². The van der Waals surface area contributed by atoms with Crippen LogP contribution in [0.4, 0.5) is 0 Å². The standard InChI is InChI=1S/C16H17NO2S2/c18-15(6-5-13-3-1-11-20-13)17-16(7-9-19-10-8-16)14-4-2-12-21-14/h1-6,11-12H,7-10H2,(H,17,18)/b6-5+. The fraction of sp³-hybridized carbons (Fsp3) is 0.312. The third-order valence-corrected chi connectivity index (χ3v) is 5.56. The van der Waals surface area contributed by atoms with E-state index in [4.69, 9.17) is 4.74 Å². The third kappa shape index (κ3) is 3.43. The second kappa shape index (κ2) is 6.56. The van der Waals surface area contributed by atoms with Gasteiger partial charge >= 0.3 is 0 Å². The highest BCUT2D eigenvalue weighted by atomic mass is 32.1. The molecule has 21 heavy (non-hydrogen) atoms. The Balaban J connectivity index is 1.74. The summed E-state index contributed by atoms with van der Waals surface area (Å²) in [7, 11) is 0. The Bertz CT molecular complexity index is 596. The van der Waals surface area contributed by atoms with Crippen molar-refractivity contribution in [2.75, 3.05) is 13.2 Å². The van der Waals surface area contributed by atoms with Gasteiger partial charge in [-0.2, -0.15) is 0 Å². The Hall–Kier alpha value is -1.43. The van der Waals surface area contributed by atoms with Crippen LogP contribution in [0.2, 0.25) is 0 Å². The van der Waals surface area contributed by atoms with Gasteiger partial charge in [-0.3, -0.25) is 4.79 Å². The zero-order valence-electron chi connectivity index (χ0n) is 11.6. The van der Waals surface area contributed by atoms with Crippen molar-refractivity contribution in [2.45, 2.75) is 18.4 Å². The number of carbonyl (C=O) groups excluding carboxylic acids is 1. The van der Waals surface area contributed by atoms with Crippen LogP contribution in [-0.2, 0) is 15.1 Å². The lowest BCUT2D eigenvalue weighted by Crippen LogP contribution is -2.48. The molecular formula is C16H17NO2S2. The molecule has 0 aromatic carbocycles. The molecule has 0 aliphatic carbocycles. The van der Waals surface area contributed by atoms with Gasteiger partial charge in [0.25, 0.3) is 0 Å². The minimum Gasteiger partial charge on any atom is -0.381 e. The van der Waals surface area contributed by atoms with Crippen molar-refractivity contribution in [3.63, 3.8) is 0 Å². The number of thiophene rings is 2. The molecule has 0 unspecified atom stereocenters. The first kappa shape index (κ1) is 14.5. The van der Waals surface area contributed by atoms with Gasteiger partial charge in [-0.05, 0) is 41.8 Å². The van der Waals surface area contributed by atoms with Crippen LogP contribution in [-0.4, -0.2) is 19.1 Å². The Labute approximate surface area is 132 Å². The molecule has 3 nitrogen and oxygen atoms in total. The predicted molar refractivity (Wildman–Crippen MR) is 87.5 cm³/mol. The van der Waals surface area contributed by atoms with Crippen LogP contribution in [0.3, 0.4) is 0 Å². The Morgan fingerprint density at radius 3 is 2.62 bits per heavy atom. The fourth-order valence-corrected chi connectivity index (χ4v) is 4.08. The molecular weight excluding hydrogens is 302 g/mol. The second-order valence-corrected chi connectivity index (χ2v) is 6.94. The largest absolute Gasteiger partial charge is 0.381 e. The number of nitrogens with one attached hydrogen (secondary N) is 1.